The minimum Gasteiger partial charge on any atom is -0.490 e. The Morgan fingerprint density at radius 1 is 1.18 bits per heavy atom. The Morgan fingerprint density at radius 2 is 1.96 bits per heavy atom. The van der Waals surface area contributed by atoms with Gasteiger partial charge in [0.05, 0.1) is 18.2 Å². The molecule has 4 rings (SSSR count). The summed E-state index contributed by atoms with van der Waals surface area (Å²) in [6, 6.07) is 10.5. The van der Waals surface area contributed by atoms with Gasteiger partial charge in [-0.05, 0) is 75.4 Å². The van der Waals surface area contributed by atoms with Crippen LogP contribution in [0.15, 0.2) is 30.3 Å². The number of aliphatic carboxylic acids is 1. The summed E-state index contributed by atoms with van der Waals surface area (Å²) >= 11 is 0. The molecule has 2 fully saturated rings. The fraction of sp³-hybridized carbons (Fsp3) is 0.545. The highest BCUT2D eigenvalue weighted by molar-refractivity contribution is 5.69. The normalized spacial score (nSPS) is 19.1. The lowest BCUT2D eigenvalue weighted by Gasteiger charge is -2.31. The number of carboxylic acid groups (broad SMARTS) is 1. The van der Waals surface area contributed by atoms with E-state index in [2.05, 4.69) is 39.4 Å². The van der Waals surface area contributed by atoms with Gasteiger partial charge in [-0.2, -0.15) is 5.10 Å². The van der Waals surface area contributed by atoms with Crippen molar-refractivity contribution in [1.82, 2.24) is 15.1 Å². The maximum Gasteiger partial charge on any atom is 0.309 e. The van der Waals surface area contributed by atoms with Crippen LogP contribution >= 0.6 is 0 Å². The van der Waals surface area contributed by atoms with E-state index >= 15 is 0 Å². The van der Waals surface area contributed by atoms with E-state index in [4.69, 9.17) is 9.84 Å². The van der Waals surface area contributed by atoms with Crippen molar-refractivity contribution in [3.05, 3.63) is 47.3 Å². The highest BCUT2D eigenvalue weighted by atomic mass is 16.5. The van der Waals surface area contributed by atoms with Gasteiger partial charge in [-0.1, -0.05) is 12.1 Å². The molecule has 1 saturated carbocycles. The number of ether oxygens (including phenoxy) is 1. The van der Waals surface area contributed by atoms with Crippen LogP contribution in [0.1, 0.15) is 61.4 Å². The summed E-state index contributed by atoms with van der Waals surface area (Å²) in [6.07, 6.45) is 7.43. The first-order valence-electron chi connectivity index (χ1n) is 10.4. The van der Waals surface area contributed by atoms with Gasteiger partial charge in [0.25, 0.3) is 0 Å². The number of nitrogens with one attached hydrogen (secondary N) is 1. The average Bonchev–Trinajstić information content (AvgIpc) is 3.34. The minimum atomic E-state index is -0.829. The zero-order valence-corrected chi connectivity index (χ0v) is 16.3. The third-order valence-corrected chi connectivity index (χ3v) is 5.91. The van der Waals surface area contributed by atoms with Gasteiger partial charge >= 0.3 is 5.97 Å². The maximum absolute atomic E-state index is 10.8. The third-order valence-electron chi connectivity index (χ3n) is 5.91. The van der Waals surface area contributed by atoms with Crippen molar-refractivity contribution in [2.45, 2.75) is 63.5 Å². The quantitative estimate of drug-likeness (QED) is 0.761. The SMILES string of the molecule is O=C(O)Cc1cc(C2CCN(Cc3cccc(OC4CCCC4)c3)CC2)n[nH]1. The van der Waals surface area contributed by atoms with Crippen LogP contribution in [0.4, 0.5) is 0 Å². The van der Waals surface area contributed by atoms with Gasteiger partial charge in [0.15, 0.2) is 0 Å². The van der Waals surface area contributed by atoms with E-state index in [-0.39, 0.29) is 6.42 Å². The van der Waals surface area contributed by atoms with Crippen molar-refractivity contribution in [3.8, 4) is 5.75 Å². The molecular weight excluding hydrogens is 354 g/mol. The second-order valence-electron chi connectivity index (χ2n) is 8.11. The molecule has 0 spiro atoms. The number of piperidine rings is 1. The second kappa shape index (κ2) is 8.78. The lowest BCUT2D eigenvalue weighted by molar-refractivity contribution is -0.136. The molecule has 1 aliphatic carbocycles. The highest BCUT2D eigenvalue weighted by Gasteiger charge is 2.23. The van der Waals surface area contributed by atoms with Gasteiger partial charge in [0.1, 0.15) is 5.75 Å². The first-order valence-corrected chi connectivity index (χ1v) is 10.4. The minimum absolute atomic E-state index is 0.00507. The summed E-state index contributed by atoms with van der Waals surface area (Å²) < 4.78 is 6.14. The number of carbonyl (C=O) groups is 1. The van der Waals surface area contributed by atoms with Crippen LogP contribution in [-0.2, 0) is 17.8 Å². The number of H-pyrrole nitrogens is 1. The summed E-state index contributed by atoms with van der Waals surface area (Å²) in [5, 5.41) is 16.1. The van der Waals surface area contributed by atoms with E-state index in [1.54, 1.807) is 0 Å². The largest absolute Gasteiger partial charge is 0.490 e. The van der Waals surface area contributed by atoms with Crippen molar-refractivity contribution < 1.29 is 14.6 Å². The third kappa shape index (κ3) is 4.93. The molecule has 0 atom stereocenters. The molecule has 2 heterocycles. The van der Waals surface area contributed by atoms with Crippen molar-refractivity contribution in [2.75, 3.05) is 13.1 Å². The Kier molecular flexibility index (Phi) is 5.95. The van der Waals surface area contributed by atoms with Crippen LogP contribution in [0.25, 0.3) is 0 Å². The first kappa shape index (κ1) is 19.0. The van der Waals surface area contributed by atoms with Crippen LogP contribution in [-0.4, -0.2) is 45.4 Å². The van der Waals surface area contributed by atoms with Crippen LogP contribution in [0.2, 0.25) is 0 Å². The smallest absolute Gasteiger partial charge is 0.309 e. The van der Waals surface area contributed by atoms with Gasteiger partial charge in [-0.15, -0.1) is 0 Å². The molecule has 0 radical (unpaired) electrons. The molecule has 6 nitrogen and oxygen atoms in total. The molecule has 6 heteroatoms. The standard InChI is InChI=1S/C22H29N3O3/c26-22(27)14-18-13-21(24-23-18)17-8-10-25(11-9-17)15-16-4-3-7-20(12-16)28-19-5-1-2-6-19/h3-4,7,12-13,17,19H,1-2,5-6,8-11,14-15H2,(H,23,24)(H,26,27). The van der Waals surface area contributed by atoms with E-state index in [1.165, 1.54) is 31.2 Å². The van der Waals surface area contributed by atoms with Gasteiger partial charge < -0.3 is 9.84 Å². The Labute approximate surface area is 165 Å². The van der Waals surface area contributed by atoms with Gasteiger partial charge in [-0.25, -0.2) is 0 Å². The molecule has 1 aliphatic heterocycles. The van der Waals surface area contributed by atoms with Crippen molar-refractivity contribution >= 4 is 5.97 Å². The molecule has 0 unspecified atom stereocenters. The predicted octanol–water partition coefficient (Wildman–Crippen LogP) is 3.74. The molecule has 150 valence electrons. The number of aromatic amines is 1. The first-order chi connectivity index (χ1) is 13.7. The molecule has 1 saturated heterocycles. The lowest BCUT2D eigenvalue weighted by Crippen LogP contribution is -2.32. The molecule has 2 aliphatic rings. The van der Waals surface area contributed by atoms with Crippen molar-refractivity contribution in [1.29, 1.82) is 0 Å². The van der Waals surface area contributed by atoms with E-state index in [0.717, 1.165) is 43.9 Å². The topological polar surface area (TPSA) is 78.4 Å². The van der Waals surface area contributed by atoms with E-state index < -0.39 is 5.97 Å². The number of benzene rings is 1. The zero-order valence-electron chi connectivity index (χ0n) is 16.3. The Bertz CT molecular complexity index is 790. The fourth-order valence-corrected chi connectivity index (χ4v) is 4.40. The van der Waals surface area contributed by atoms with Crippen molar-refractivity contribution in [2.24, 2.45) is 0 Å². The van der Waals surface area contributed by atoms with E-state index in [1.807, 2.05) is 6.07 Å². The molecule has 1 aromatic heterocycles. The molecule has 0 bridgehead atoms. The maximum atomic E-state index is 10.8. The zero-order chi connectivity index (χ0) is 19.3. The Hall–Kier alpha value is -2.34. The Morgan fingerprint density at radius 3 is 2.71 bits per heavy atom. The van der Waals surface area contributed by atoms with Gasteiger partial charge in [0, 0.05) is 18.2 Å². The summed E-state index contributed by atoms with van der Waals surface area (Å²) in [5.41, 5.74) is 2.99. The van der Waals surface area contributed by atoms with Crippen LogP contribution in [0.3, 0.4) is 0 Å². The molecule has 0 amide bonds. The van der Waals surface area contributed by atoms with E-state index in [0.29, 0.717) is 17.7 Å². The van der Waals surface area contributed by atoms with Crippen LogP contribution in [0.5, 0.6) is 5.75 Å². The number of likely N-dealkylation sites (tertiary alicyclic amines) is 1. The molecular formula is C22H29N3O3. The lowest BCUT2D eigenvalue weighted by atomic mass is 9.93. The van der Waals surface area contributed by atoms with Gasteiger partial charge in [-0.3, -0.25) is 14.8 Å². The highest BCUT2D eigenvalue weighted by Crippen LogP contribution is 2.29. The molecule has 1 aromatic carbocycles. The van der Waals surface area contributed by atoms with Crippen LogP contribution < -0.4 is 4.74 Å². The summed E-state index contributed by atoms with van der Waals surface area (Å²) in [4.78, 5) is 13.3. The van der Waals surface area contributed by atoms with Gasteiger partial charge in [0.2, 0.25) is 0 Å². The average molecular weight is 383 g/mol. The van der Waals surface area contributed by atoms with Crippen LogP contribution in [0, 0.1) is 0 Å². The number of nitrogens with zero attached hydrogens (tertiary/aromatic N) is 2. The number of aromatic nitrogens is 2. The number of hydrogen-bond acceptors (Lipinski definition) is 4. The molecule has 28 heavy (non-hydrogen) atoms. The summed E-state index contributed by atoms with van der Waals surface area (Å²) in [6.45, 7) is 3.00. The monoisotopic (exact) mass is 383 g/mol. The second-order valence-corrected chi connectivity index (χ2v) is 8.11. The fourth-order valence-electron chi connectivity index (χ4n) is 4.40. The van der Waals surface area contributed by atoms with E-state index in [9.17, 15) is 4.79 Å². The molecule has 2 N–H and O–H groups in total. The molecule has 2 aromatic rings. The summed E-state index contributed by atoms with van der Waals surface area (Å²) in [7, 11) is 0. The summed E-state index contributed by atoms with van der Waals surface area (Å²) in [5.74, 6) is 0.581. The number of carboxylic acids is 1. The van der Waals surface area contributed by atoms with Crippen molar-refractivity contribution in [3.63, 3.8) is 0 Å². The Balaban J connectivity index is 1.28. The predicted molar refractivity (Wildman–Crippen MR) is 107 cm³/mol. The number of rotatable bonds is 7. The number of hydrogen-bond donors (Lipinski definition) is 2.